The lowest BCUT2D eigenvalue weighted by Crippen LogP contribution is -2.20. The van der Waals surface area contributed by atoms with Gasteiger partial charge < -0.3 is 0 Å². The highest BCUT2D eigenvalue weighted by atomic mass is 79.9. The number of halogens is 1. The molecule has 0 aromatic rings. The van der Waals surface area contributed by atoms with Crippen molar-refractivity contribution < 1.29 is 4.92 Å². The van der Waals surface area contributed by atoms with Gasteiger partial charge in [-0.1, -0.05) is 15.9 Å². The van der Waals surface area contributed by atoms with Gasteiger partial charge in [0.2, 0.25) is 6.54 Å². The van der Waals surface area contributed by atoms with Gasteiger partial charge in [-0.2, -0.15) is 0 Å². The molecule has 0 saturated carbocycles. The Hall–Kier alpha value is -0.450. The lowest BCUT2D eigenvalue weighted by molar-refractivity contribution is -0.463. The van der Waals surface area contributed by atoms with Crippen molar-refractivity contribution in [3.8, 4) is 0 Å². The first-order valence-electron chi connectivity index (χ1n) is 2.79. The topological polar surface area (TPSA) is 55.5 Å². The third-order valence-electron chi connectivity index (χ3n) is 1.04. The fraction of sp³-hybridized carbons (Fsp3) is 0.800. The lowest BCUT2D eigenvalue weighted by Gasteiger charge is -2.00. The summed E-state index contributed by atoms with van der Waals surface area (Å²) in [5, 5.41) is 9.98. The monoisotopic (exact) mass is 208 g/mol. The molecule has 5 heteroatoms. The Morgan fingerprint density at radius 1 is 1.90 bits per heavy atom. The Morgan fingerprint density at radius 2 is 2.40 bits per heavy atom. The fourth-order valence-corrected chi connectivity index (χ4v) is 0.856. The summed E-state index contributed by atoms with van der Waals surface area (Å²) in [5.74, 6) is 0. The zero-order valence-corrected chi connectivity index (χ0v) is 7.46. The van der Waals surface area contributed by atoms with Gasteiger partial charge in [0.05, 0.1) is 10.5 Å². The van der Waals surface area contributed by atoms with E-state index in [2.05, 4.69) is 20.9 Å². The standard InChI is InChI=1S/C5H9BrN2O2/c1-4(6)5(7-2)3-8(9)10/h4H,3H2,1-2H3. The number of alkyl halides is 1. The van der Waals surface area contributed by atoms with Crippen LogP contribution in [0.3, 0.4) is 0 Å². The molecule has 58 valence electrons. The average molecular weight is 209 g/mol. The summed E-state index contributed by atoms with van der Waals surface area (Å²) in [7, 11) is 1.55. The molecule has 0 aromatic carbocycles. The third kappa shape index (κ3) is 3.55. The van der Waals surface area contributed by atoms with Crippen molar-refractivity contribution in [2.24, 2.45) is 4.99 Å². The largest absolute Gasteiger partial charge is 0.289 e. The van der Waals surface area contributed by atoms with E-state index in [1.54, 1.807) is 7.05 Å². The SMILES string of the molecule is CN=C(C[N+](=O)[O-])C(C)Br. The van der Waals surface area contributed by atoms with Crippen molar-refractivity contribution in [2.75, 3.05) is 13.6 Å². The number of hydrogen-bond donors (Lipinski definition) is 0. The van der Waals surface area contributed by atoms with E-state index in [-0.39, 0.29) is 16.3 Å². The van der Waals surface area contributed by atoms with Crippen LogP contribution >= 0.6 is 15.9 Å². The molecular weight excluding hydrogens is 200 g/mol. The summed E-state index contributed by atoms with van der Waals surface area (Å²) in [5.41, 5.74) is 0.560. The predicted octanol–water partition coefficient (Wildman–Crippen LogP) is 1.12. The average Bonchev–Trinajstić information content (AvgIpc) is 1.81. The molecule has 0 heterocycles. The molecule has 0 fully saturated rings. The number of nitro groups is 1. The van der Waals surface area contributed by atoms with E-state index in [0.717, 1.165) is 0 Å². The van der Waals surface area contributed by atoms with E-state index in [1.807, 2.05) is 6.92 Å². The zero-order valence-electron chi connectivity index (χ0n) is 5.87. The van der Waals surface area contributed by atoms with Gasteiger partial charge in [-0.3, -0.25) is 15.1 Å². The van der Waals surface area contributed by atoms with Crippen molar-refractivity contribution in [3.63, 3.8) is 0 Å². The van der Waals surface area contributed by atoms with Crippen molar-refractivity contribution in [1.29, 1.82) is 0 Å². The molecule has 0 bridgehead atoms. The van der Waals surface area contributed by atoms with Gasteiger partial charge in [-0.15, -0.1) is 0 Å². The van der Waals surface area contributed by atoms with Crippen LogP contribution in [0, 0.1) is 10.1 Å². The molecule has 4 nitrogen and oxygen atoms in total. The Bertz CT molecular complexity index is 156. The van der Waals surface area contributed by atoms with Gasteiger partial charge >= 0.3 is 0 Å². The number of aliphatic imine (C=N–C) groups is 1. The van der Waals surface area contributed by atoms with Crippen LogP contribution in [0.15, 0.2) is 4.99 Å². The van der Waals surface area contributed by atoms with Crippen LogP contribution < -0.4 is 0 Å². The molecule has 0 saturated heterocycles. The normalized spacial score (nSPS) is 14.9. The first-order valence-corrected chi connectivity index (χ1v) is 3.71. The Balaban J connectivity index is 3.99. The van der Waals surface area contributed by atoms with Crippen LogP contribution in [0.4, 0.5) is 0 Å². The van der Waals surface area contributed by atoms with Gasteiger partial charge in [0.15, 0.2) is 0 Å². The van der Waals surface area contributed by atoms with Crippen molar-refractivity contribution >= 4 is 21.6 Å². The minimum atomic E-state index is -0.389. The lowest BCUT2D eigenvalue weighted by atomic mass is 10.3. The number of rotatable bonds is 3. The van der Waals surface area contributed by atoms with Crippen LogP contribution in [0.1, 0.15) is 6.92 Å². The molecule has 1 atom stereocenters. The van der Waals surface area contributed by atoms with Crippen LogP contribution in [0.25, 0.3) is 0 Å². The first-order chi connectivity index (χ1) is 4.57. The van der Waals surface area contributed by atoms with E-state index in [1.165, 1.54) is 0 Å². The van der Waals surface area contributed by atoms with Crippen LogP contribution in [0.5, 0.6) is 0 Å². The number of nitrogens with zero attached hydrogens (tertiary/aromatic N) is 2. The Morgan fingerprint density at radius 3 is 2.50 bits per heavy atom. The van der Waals surface area contributed by atoms with Crippen LogP contribution in [0.2, 0.25) is 0 Å². The van der Waals surface area contributed by atoms with E-state index < -0.39 is 0 Å². The summed E-state index contributed by atoms with van der Waals surface area (Å²) in [6.45, 7) is 1.63. The molecule has 0 aliphatic rings. The minimum absolute atomic E-state index is 0.0112. The smallest absolute Gasteiger partial charge is 0.242 e. The highest BCUT2D eigenvalue weighted by Gasteiger charge is 2.11. The van der Waals surface area contributed by atoms with Crippen LogP contribution in [-0.2, 0) is 0 Å². The maximum Gasteiger partial charge on any atom is 0.242 e. The third-order valence-corrected chi connectivity index (χ3v) is 1.57. The zero-order chi connectivity index (χ0) is 8.15. The van der Waals surface area contributed by atoms with Gasteiger partial charge in [0.1, 0.15) is 0 Å². The van der Waals surface area contributed by atoms with E-state index in [0.29, 0.717) is 5.71 Å². The molecule has 0 radical (unpaired) electrons. The predicted molar refractivity (Wildman–Crippen MR) is 43.6 cm³/mol. The molecule has 10 heavy (non-hydrogen) atoms. The van der Waals surface area contributed by atoms with Crippen LogP contribution in [-0.4, -0.2) is 29.1 Å². The second-order valence-corrected chi connectivity index (χ2v) is 3.20. The Kier molecular flexibility index (Phi) is 4.18. The van der Waals surface area contributed by atoms with Gasteiger partial charge in [0, 0.05) is 12.0 Å². The molecule has 0 aromatic heterocycles. The summed E-state index contributed by atoms with van der Waals surface area (Å²) in [4.78, 5) is 13.3. The second-order valence-electron chi connectivity index (χ2n) is 1.82. The molecule has 1 unspecified atom stereocenters. The summed E-state index contributed by atoms with van der Waals surface area (Å²) in [6.07, 6.45) is 0. The number of hydrogen-bond acceptors (Lipinski definition) is 3. The molecule has 0 aliphatic carbocycles. The molecule has 0 amide bonds. The van der Waals surface area contributed by atoms with Crippen molar-refractivity contribution in [1.82, 2.24) is 0 Å². The van der Waals surface area contributed by atoms with Crippen molar-refractivity contribution in [2.45, 2.75) is 11.8 Å². The Labute approximate surface area is 67.6 Å². The highest BCUT2D eigenvalue weighted by Crippen LogP contribution is 2.00. The molecule has 0 aliphatic heterocycles. The minimum Gasteiger partial charge on any atom is -0.289 e. The van der Waals surface area contributed by atoms with Gasteiger partial charge in [0.25, 0.3) is 0 Å². The van der Waals surface area contributed by atoms with E-state index in [4.69, 9.17) is 0 Å². The maximum absolute atomic E-state index is 9.98. The first kappa shape index (κ1) is 9.55. The summed E-state index contributed by atoms with van der Waals surface area (Å²) < 4.78 is 0. The summed E-state index contributed by atoms with van der Waals surface area (Å²) >= 11 is 3.19. The van der Waals surface area contributed by atoms with Gasteiger partial charge in [-0.25, -0.2) is 0 Å². The second kappa shape index (κ2) is 4.38. The van der Waals surface area contributed by atoms with E-state index >= 15 is 0 Å². The molecule has 0 spiro atoms. The quantitative estimate of drug-likeness (QED) is 0.302. The molecule has 0 N–H and O–H groups in total. The fourth-order valence-electron chi connectivity index (χ4n) is 0.507. The van der Waals surface area contributed by atoms with E-state index in [9.17, 15) is 10.1 Å². The summed E-state index contributed by atoms with van der Waals surface area (Å²) in [6, 6.07) is 0. The highest BCUT2D eigenvalue weighted by molar-refractivity contribution is 9.10. The van der Waals surface area contributed by atoms with Crippen molar-refractivity contribution in [3.05, 3.63) is 10.1 Å². The maximum atomic E-state index is 9.98. The van der Waals surface area contributed by atoms with Gasteiger partial charge in [-0.05, 0) is 6.92 Å². The molecular formula is C5H9BrN2O2. The molecule has 0 rings (SSSR count).